The van der Waals surface area contributed by atoms with Gasteiger partial charge in [-0.25, -0.2) is 0 Å². The minimum Gasteiger partial charge on any atom is -0.395 e. The van der Waals surface area contributed by atoms with Crippen molar-refractivity contribution in [1.82, 2.24) is 4.90 Å². The van der Waals surface area contributed by atoms with Crippen LogP contribution in [0.3, 0.4) is 0 Å². The molecule has 0 saturated carbocycles. The van der Waals surface area contributed by atoms with Crippen LogP contribution in [0.1, 0.15) is 19.3 Å². The van der Waals surface area contributed by atoms with Gasteiger partial charge in [-0.3, -0.25) is 4.90 Å². The average molecular weight is 227 g/mol. The van der Waals surface area contributed by atoms with Gasteiger partial charge in [-0.15, -0.1) is 0 Å². The SMILES string of the molecule is OCC1C(O)CCN1CCCC(F)(F)F. The van der Waals surface area contributed by atoms with Crippen LogP contribution in [0, 0.1) is 0 Å². The smallest absolute Gasteiger partial charge is 0.389 e. The van der Waals surface area contributed by atoms with Crippen LogP contribution in [0.5, 0.6) is 0 Å². The Hall–Kier alpha value is -0.330. The van der Waals surface area contributed by atoms with Crippen molar-refractivity contribution in [2.75, 3.05) is 19.7 Å². The molecule has 0 aromatic heterocycles. The summed E-state index contributed by atoms with van der Waals surface area (Å²) in [6, 6.07) is -0.391. The third-order valence-corrected chi connectivity index (χ3v) is 2.72. The number of aliphatic hydroxyl groups excluding tert-OH is 2. The van der Waals surface area contributed by atoms with Crippen LogP contribution < -0.4 is 0 Å². The minimum absolute atomic E-state index is 0.0206. The predicted octanol–water partition coefficient (Wildman–Crippen LogP) is 0.756. The molecule has 1 heterocycles. The van der Waals surface area contributed by atoms with E-state index in [2.05, 4.69) is 0 Å². The van der Waals surface area contributed by atoms with Gasteiger partial charge in [-0.1, -0.05) is 0 Å². The van der Waals surface area contributed by atoms with Crippen molar-refractivity contribution in [3.63, 3.8) is 0 Å². The zero-order valence-corrected chi connectivity index (χ0v) is 8.37. The molecular formula is C9H16F3NO2. The largest absolute Gasteiger partial charge is 0.395 e. The standard InChI is InChI=1S/C9H16F3NO2/c10-9(11,12)3-1-4-13-5-2-8(15)7(13)6-14/h7-8,14-15H,1-6H2. The maximum Gasteiger partial charge on any atom is 0.389 e. The number of hydrogen-bond donors (Lipinski definition) is 2. The molecule has 15 heavy (non-hydrogen) atoms. The van der Waals surface area contributed by atoms with Gasteiger partial charge < -0.3 is 10.2 Å². The molecule has 2 N–H and O–H groups in total. The van der Waals surface area contributed by atoms with Crippen LogP contribution >= 0.6 is 0 Å². The first-order valence-corrected chi connectivity index (χ1v) is 5.04. The normalized spacial score (nSPS) is 28.6. The van der Waals surface area contributed by atoms with Crippen LogP contribution in [0.15, 0.2) is 0 Å². The molecule has 0 spiro atoms. The van der Waals surface area contributed by atoms with E-state index in [0.717, 1.165) is 0 Å². The Kier molecular flexibility index (Phi) is 4.36. The fourth-order valence-electron chi connectivity index (χ4n) is 1.90. The Labute approximate surface area is 86.5 Å². The Morgan fingerprint density at radius 1 is 1.33 bits per heavy atom. The Bertz CT molecular complexity index is 198. The molecule has 1 aliphatic heterocycles. The molecule has 2 unspecified atom stereocenters. The highest BCUT2D eigenvalue weighted by Gasteiger charge is 2.33. The van der Waals surface area contributed by atoms with E-state index in [1.54, 1.807) is 4.90 Å². The summed E-state index contributed by atoms with van der Waals surface area (Å²) in [6.45, 7) is 0.638. The van der Waals surface area contributed by atoms with Crippen molar-refractivity contribution in [1.29, 1.82) is 0 Å². The summed E-state index contributed by atoms with van der Waals surface area (Å²) in [7, 11) is 0. The molecule has 90 valence electrons. The van der Waals surface area contributed by atoms with Gasteiger partial charge in [0.15, 0.2) is 0 Å². The van der Waals surface area contributed by atoms with Crippen molar-refractivity contribution in [2.24, 2.45) is 0 Å². The molecule has 2 atom stereocenters. The number of hydrogen-bond acceptors (Lipinski definition) is 3. The summed E-state index contributed by atoms with van der Waals surface area (Å²) in [5, 5.41) is 18.3. The van der Waals surface area contributed by atoms with Gasteiger partial charge in [-0.05, 0) is 19.4 Å². The number of halogens is 3. The quantitative estimate of drug-likeness (QED) is 0.745. The summed E-state index contributed by atoms with van der Waals surface area (Å²) in [5.41, 5.74) is 0. The van der Waals surface area contributed by atoms with Crippen LogP contribution in [0.2, 0.25) is 0 Å². The van der Waals surface area contributed by atoms with E-state index in [9.17, 15) is 18.3 Å². The fraction of sp³-hybridized carbons (Fsp3) is 1.00. The van der Waals surface area contributed by atoms with E-state index in [0.29, 0.717) is 13.0 Å². The van der Waals surface area contributed by atoms with Gasteiger partial charge in [-0.2, -0.15) is 13.2 Å². The molecule has 0 aliphatic carbocycles. The maximum atomic E-state index is 11.9. The van der Waals surface area contributed by atoms with Gasteiger partial charge in [0, 0.05) is 13.0 Å². The lowest BCUT2D eigenvalue weighted by atomic mass is 10.2. The highest BCUT2D eigenvalue weighted by molar-refractivity contribution is 4.86. The zero-order valence-electron chi connectivity index (χ0n) is 8.37. The predicted molar refractivity (Wildman–Crippen MR) is 48.4 cm³/mol. The minimum atomic E-state index is -4.12. The fourth-order valence-corrected chi connectivity index (χ4v) is 1.90. The molecule has 1 saturated heterocycles. The second kappa shape index (κ2) is 5.14. The number of rotatable bonds is 4. The Morgan fingerprint density at radius 2 is 2.00 bits per heavy atom. The summed E-state index contributed by atoms with van der Waals surface area (Å²) in [5.74, 6) is 0. The van der Waals surface area contributed by atoms with Crippen molar-refractivity contribution >= 4 is 0 Å². The molecule has 0 aromatic carbocycles. The molecular weight excluding hydrogens is 211 g/mol. The lowest BCUT2D eigenvalue weighted by molar-refractivity contribution is -0.136. The average Bonchev–Trinajstić information content (AvgIpc) is 2.44. The molecule has 1 fully saturated rings. The molecule has 1 rings (SSSR count). The molecule has 6 heteroatoms. The van der Waals surface area contributed by atoms with E-state index in [1.807, 2.05) is 0 Å². The van der Waals surface area contributed by atoms with Crippen LogP contribution in [-0.4, -0.2) is 53.1 Å². The molecule has 1 aliphatic rings. The topological polar surface area (TPSA) is 43.7 Å². The molecule has 0 bridgehead atoms. The van der Waals surface area contributed by atoms with E-state index < -0.39 is 24.7 Å². The van der Waals surface area contributed by atoms with E-state index in [-0.39, 0.29) is 19.6 Å². The maximum absolute atomic E-state index is 11.9. The third-order valence-electron chi connectivity index (χ3n) is 2.72. The molecule has 3 nitrogen and oxygen atoms in total. The summed E-state index contributed by atoms with van der Waals surface area (Å²) in [4.78, 5) is 1.72. The first-order valence-electron chi connectivity index (χ1n) is 5.04. The first kappa shape index (κ1) is 12.7. The molecule has 0 amide bonds. The Balaban J connectivity index is 2.27. The van der Waals surface area contributed by atoms with Gasteiger partial charge in [0.25, 0.3) is 0 Å². The van der Waals surface area contributed by atoms with Gasteiger partial charge in [0.2, 0.25) is 0 Å². The zero-order chi connectivity index (χ0) is 11.5. The van der Waals surface area contributed by atoms with Crippen molar-refractivity contribution in [3.8, 4) is 0 Å². The summed E-state index contributed by atoms with van der Waals surface area (Å²) >= 11 is 0. The van der Waals surface area contributed by atoms with Crippen molar-refractivity contribution < 1.29 is 23.4 Å². The first-order chi connectivity index (χ1) is 6.94. The highest BCUT2D eigenvalue weighted by atomic mass is 19.4. The molecule has 0 radical (unpaired) electrons. The van der Waals surface area contributed by atoms with E-state index in [4.69, 9.17) is 5.11 Å². The molecule has 0 aromatic rings. The lowest BCUT2D eigenvalue weighted by Gasteiger charge is -2.24. The number of alkyl halides is 3. The number of nitrogens with zero attached hydrogens (tertiary/aromatic N) is 1. The summed E-state index contributed by atoms with van der Waals surface area (Å²) < 4.78 is 35.6. The van der Waals surface area contributed by atoms with Crippen molar-refractivity contribution in [3.05, 3.63) is 0 Å². The van der Waals surface area contributed by atoms with E-state index in [1.165, 1.54) is 0 Å². The van der Waals surface area contributed by atoms with Gasteiger partial charge in [0.1, 0.15) is 0 Å². The van der Waals surface area contributed by atoms with Crippen molar-refractivity contribution in [2.45, 2.75) is 37.6 Å². The summed E-state index contributed by atoms with van der Waals surface area (Å²) in [6.07, 6.45) is -4.99. The second-order valence-electron chi connectivity index (χ2n) is 3.86. The van der Waals surface area contributed by atoms with E-state index >= 15 is 0 Å². The number of likely N-dealkylation sites (tertiary alicyclic amines) is 1. The third kappa shape index (κ3) is 3.96. The highest BCUT2D eigenvalue weighted by Crippen LogP contribution is 2.23. The Morgan fingerprint density at radius 3 is 2.53 bits per heavy atom. The van der Waals surface area contributed by atoms with Crippen LogP contribution in [0.25, 0.3) is 0 Å². The number of aliphatic hydroxyl groups is 2. The lowest BCUT2D eigenvalue weighted by Crippen LogP contribution is -2.38. The monoisotopic (exact) mass is 227 g/mol. The van der Waals surface area contributed by atoms with Crippen LogP contribution in [0.4, 0.5) is 13.2 Å². The second-order valence-corrected chi connectivity index (χ2v) is 3.86. The van der Waals surface area contributed by atoms with Gasteiger partial charge in [0.05, 0.1) is 18.8 Å². The van der Waals surface area contributed by atoms with Gasteiger partial charge >= 0.3 is 6.18 Å². The van der Waals surface area contributed by atoms with Crippen LogP contribution in [-0.2, 0) is 0 Å².